The first-order chi connectivity index (χ1) is 16.6. The topological polar surface area (TPSA) is 138 Å². The highest BCUT2D eigenvalue weighted by atomic mass is 32.1. The van der Waals surface area contributed by atoms with Crippen LogP contribution in [-0.2, 0) is 31.7 Å². The van der Waals surface area contributed by atoms with Crippen molar-refractivity contribution in [3.63, 3.8) is 0 Å². The molecule has 3 rings (SSSR count). The summed E-state index contributed by atoms with van der Waals surface area (Å²) in [6.07, 6.45) is 1.98. The van der Waals surface area contributed by atoms with Crippen LogP contribution >= 0.6 is 30.4 Å². The van der Waals surface area contributed by atoms with Gasteiger partial charge in [-0.15, -0.1) is 22.7 Å². The number of hydrogen-bond acceptors (Lipinski definition) is 7. The average Bonchev–Trinajstić information content (AvgIpc) is 3.51. The Labute approximate surface area is 211 Å². The van der Waals surface area contributed by atoms with Gasteiger partial charge in [0.05, 0.1) is 12.6 Å². The molecule has 3 aromatic rings. The van der Waals surface area contributed by atoms with Crippen molar-refractivity contribution in [1.82, 2.24) is 15.4 Å². The van der Waals surface area contributed by atoms with Gasteiger partial charge in [0, 0.05) is 28.4 Å². The molecule has 0 spiro atoms. The minimum atomic E-state index is -4.32. The number of aliphatic carboxylic acids is 1. The molecule has 0 bridgehead atoms. The number of aromatic nitrogens is 1. The lowest BCUT2D eigenvalue weighted by Crippen LogP contribution is -2.50. The first-order valence-corrected chi connectivity index (χ1v) is 14.3. The minimum absolute atomic E-state index is 0.00257. The van der Waals surface area contributed by atoms with E-state index in [9.17, 15) is 24.2 Å². The number of thiazole rings is 1. The first-order valence-electron chi connectivity index (χ1n) is 10.9. The molecule has 0 fully saturated rings. The summed E-state index contributed by atoms with van der Waals surface area (Å²) in [4.78, 5) is 40.1. The summed E-state index contributed by atoms with van der Waals surface area (Å²) in [6, 6.07) is 8.54. The molecule has 1 amide bonds. The molecule has 0 saturated carbocycles. The van der Waals surface area contributed by atoms with Crippen molar-refractivity contribution in [3.05, 3.63) is 63.8 Å². The van der Waals surface area contributed by atoms with Crippen LogP contribution in [0.1, 0.15) is 30.7 Å². The van der Waals surface area contributed by atoms with Gasteiger partial charge >= 0.3 is 13.7 Å². The van der Waals surface area contributed by atoms with Crippen molar-refractivity contribution in [2.45, 2.75) is 45.4 Å². The summed E-state index contributed by atoms with van der Waals surface area (Å²) < 4.78 is 17.7. The fourth-order valence-electron chi connectivity index (χ4n) is 3.33. The van der Waals surface area contributed by atoms with Crippen LogP contribution < -0.4 is 10.4 Å². The number of nitrogens with one attached hydrogen (secondary N) is 2. The minimum Gasteiger partial charge on any atom is -0.480 e. The van der Waals surface area contributed by atoms with Crippen molar-refractivity contribution >= 4 is 42.3 Å². The van der Waals surface area contributed by atoms with E-state index in [4.69, 9.17) is 4.52 Å². The van der Waals surface area contributed by atoms with Crippen LogP contribution in [0.5, 0.6) is 0 Å². The molecular formula is C23H28N3O6PS2. The second kappa shape index (κ2) is 12.5. The van der Waals surface area contributed by atoms with Gasteiger partial charge < -0.3 is 15.3 Å². The Kier molecular flexibility index (Phi) is 9.73. The Hall–Kier alpha value is -2.40. The summed E-state index contributed by atoms with van der Waals surface area (Å²) in [7, 11) is -4.32. The lowest BCUT2D eigenvalue weighted by molar-refractivity contribution is -0.142. The molecule has 0 aliphatic rings. The molecule has 0 aliphatic carbocycles. The Balaban J connectivity index is 1.65. The Morgan fingerprint density at radius 1 is 1.11 bits per heavy atom. The molecule has 2 heterocycles. The van der Waals surface area contributed by atoms with E-state index in [1.54, 1.807) is 30.5 Å². The number of carbonyl (C=O) groups excluding carboxylic acids is 1. The molecular weight excluding hydrogens is 509 g/mol. The van der Waals surface area contributed by atoms with Gasteiger partial charge in [-0.2, -0.15) is 0 Å². The zero-order valence-electron chi connectivity index (χ0n) is 19.3. The largest absolute Gasteiger partial charge is 0.480 e. The van der Waals surface area contributed by atoms with E-state index in [1.807, 2.05) is 36.7 Å². The SMILES string of the molecule is CC(C)C[C@H](NP(=O)(O)OCc1cccs1)C(=O)N[C@@H](Cc1ccc(-c2nccs2)cc1)C(=O)O. The van der Waals surface area contributed by atoms with Crippen LogP contribution in [0.4, 0.5) is 0 Å². The molecule has 0 radical (unpaired) electrons. The molecule has 0 saturated heterocycles. The molecule has 35 heavy (non-hydrogen) atoms. The fraction of sp³-hybridized carbons (Fsp3) is 0.348. The third-order valence-electron chi connectivity index (χ3n) is 4.99. The van der Waals surface area contributed by atoms with Crippen LogP contribution in [0, 0.1) is 5.92 Å². The number of carbonyl (C=O) groups is 2. The van der Waals surface area contributed by atoms with Gasteiger partial charge in [0.25, 0.3) is 0 Å². The molecule has 9 nitrogen and oxygen atoms in total. The zero-order chi connectivity index (χ0) is 25.4. The standard InChI is InChI=1S/C23H28N3O6PS2/c1-15(2)12-19(26-33(30,31)32-14-18-4-3-10-34-18)21(27)25-20(23(28)29)13-16-5-7-17(8-6-16)22-24-9-11-35-22/h3-11,15,19-20H,12-14H2,1-2H3,(H,25,27)(H,28,29)(H2,26,30,31)/t19-,20-/m0/s1. The van der Waals surface area contributed by atoms with Crippen molar-refractivity contribution in [2.24, 2.45) is 5.92 Å². The smallest absolute Gasteiger partial charge is 0.403 e. The third kappa shape index (κ3) is 8.64. The number of nitrogens with zero attached hydrogens (tertiary/aromatic N) is 1. The highest BCUT2D eigenvalue weighted by molar-refractivity contribution is 7.50. The molecule has 1 unspecified atom stereocenters. The van der Waals surface area contributed by atoms with E-state index in [0.29, 0.717) is 0 Å². The second-order valence-electron chi connectivity index (χ2n) is 8.32. The second-order valence-corrected chi connectivity index (χ2v) is 11.8. The maximum Gasteiger partial charge on any atom is 0.403 e. The van der Waals surface area contributed by atoms with E-state index in [-0.39, 0.29) is 25.4 Å². The lowest BCUT2D eigenvalue weighted by Gasteiger charge is -2.24. The van der Waals surface area contributed by atoms with Crippen LogP contribution in [0.2, 0.25) is 0 Å². The van der Waals surface area contributed by atoms with E-state index in [2.05, 4.69) is 15.4 Å². The molecule has 188 valence electrons. The van der Waals surface area contributed by atoms with E-state index in [1.165, 1.54) is 22.7 Å². The van der Waals surface area contributed by atoms with Crippen molar-refractivity contribution in [3.8, 4) is 10.6 Å². The van der Waals surface area contributed by atoms with Gasteiger partial charge in [-0.25, -0.2) is 19.4 Å². The number of rotatable bonds is 13. The maximum absolute atomic E-state index is 13.0. The van der Waals surface area contributed by atoms with Crippen LogP contribution in [0.25, 0.3) is 10.6 Å². The zero-order valence-corrected chi connectivity index (χ0v) is 21.8. The number of benzene rings is 1. The van der Waals surface area contributed by atoms with Crippen LogP contribution in [0.3, 0.4) is 0 Å². The highest BCUT2D eigenvalue weighted by Gasteiger charge is 2.32. The van der Waals surface area contributed by atoms with E-state index < -0.39 is 31.7 Å². The molecule has 0 aliphatic heterocycles. The van der Waals surface area contributed by atoms with E-state index in [0.717, 1.165) is 21.0 Å². The van der Waals surface area contributed by atoms with Gasteiger partial charge in [-0.05, 0) is 29.3 Å². The number of thiophene rings is 1. The number of carboxylic acids is 1. The summed E-state index contributed by atoms with van der Waals surface area (Å²) in [5.74, 6) is -1.89. The molecule has 3 atom stereocenters. The summed E-state index contributed by atoms with van der Waals surface area (Å²) >= 11 is 2.88. The molecule has 2 aromatic heterocycles. The van der Waals surface area contributed by atoms with Crippen LogP contribution in [0.15, 0.2) is 53.4 Å². The Morgan fingerprint density at radius 2 is 1.86 bits per heavy atom. The number of amides is 1. The summed E-state index contributed by atoms with van der Waals surface area (Å²) in [5, 5.41) is 19.2. The summed E-state index contributed by atoms with van der Waals surface area (Å²) in [5.41, 5.74) is 1.64. The third-order valence-corrected chi connectivity index (χ3v) is 7.78. The van der Waals surface area contributed by atoms with Crippen LogP contribution in [-0.4, -0.2) is 38.9 Å². The predicted molar refractivity (Wildman–Crippen MR) is 136 cm³/mol. The Bertz CT molecular complexity index is 1140. The van der Waals surface area contributed by atoms with E-state index >= 15 is 0 Å². The molecule has 4 N–H and O–H groups in total. The number of carboxylic acid groups (broad SMARTS) is 1. The fourth-order valence-corrected chi connectivity index (χ4v) is 5.68. The monoisotopic (exact) mass is 537 g/mol. The first kappa shape index (κ1) is 27.2. The quantitative estimate of drug-likeness (QED) is 0.237. The normalized spacial score (nSPS) is 14.9. The van der Waals surface area contributed by atoms with Gasteiger partial charge in [0.15, 0.2) is 0 Å². The van der Waals surface area contributed by atoms with Crippen molar-refractivity contribution < 1.29 is 28.7 Å². The highest BCUT2D eigenvalue weighted by Crippen LogP contribution is 2.39. The lowest BCUT2D eigenvalue weighted by atomic mass is 10.0. The predicted octanol–water partition coefficient (Wildman–Crippen LogP) is 4.31. The summed E-state index contributed by atoms with van der Waals surface area (Å²) in [6.45, 7) is 3.63. The number of hydrogen-bond donors (Lipinski definition) is 4. The maximum atomic E-state index is 13.0. The molecule has 1 aromatic carbocycles. The van der Waals surface area contributed by atoms with Gasteiger partial charge in [-0.3, -0.25) is 9.32 Å². The van der Waals surface area contributed by atoms with Gasteiger partial charge in [0.1, 0.15) is 11.0 Å². The molecule has 12 heteroatoms. The van der Waals surface area contributed by atoms with Gasteiger partial charge in [0.2, 0.25) is 5.91 Å². The Morgan fingerprint density at radius 3 is 2.43 bits per heavy atom. The average molecular weight is 538 g/mol. The van der Waals surface area contributed by atoms with Crippen molar-refractivity contribution in [2.75, 3.05) is 0 Å². The van der Waals surface area contributed by atoms with Crippen molar-refractivity contribution in [1.29, 1.82) is 0 Å². The van der Waals surface area contributed by atoms with Gasteiger partial charge in [-0.1, -0.05) is 44.2 Å².